The predicted octanol–water partition coefficient (Wildman–Crippen LogP) is 6.08. The molecule has 0 bridgehead atoms. The Morgan fingerprint density at radius 3 is 2.52 bits per heavy atom. The number of benzene rings is 3. The quantitative estimate of drug-likeness (QED) is 0.546. The van der Waals surface area contributed by atoms with E-state index in [2.05, 4.69) is 55.6 Å². The number of hydrogen-bond donors (Lipinski definition) is 1. The summed E-state index contributed by atoms with van der Waals surface area (Å²) in [5.74, 6) is 0.881. The summed E-state index contributed by atoms with van der Waals surface area (Å²) in [6, 6.07) is 22.7. The monoisotopic (exact) mass is 349 g/mol. The summed E-state index contributed by atoms with van der Waals surface area (Å²) in [6.45, 7) is 4.35. The fourth-order valence-electron chi connectivity index (χ4n) is 2.85. The number of thioether (sulfide) groups is 1. The van der Waals surface area contributed by atoms with Crippen LogP contribution < -0.4 is 5.32 Å². The van der Waals surface area contributed by atoms with E-state index in [4.69, 9.17) is 0 Å². The fourth-order valence-corrected chi connectivity index (χ4v) is 3.60. The number of carbonyl (C=O) groups is 1. The molecule has 0 aliphatic rings. The van der Waals surface area contributed by atoms with E-state index in [1.807, 2.05) is 30.3 Å². The highest BCUT2D eigenvalue weighted by molar-refractivity contribution is 8.00. The number of para-hydroxylation sites is 1. The second-order valence-corrected chi connectivity index (χ2v) is 7.29. The molecular formula is C22H23NOS. The van der Waals surface area contributed by atoms with Crippen LogP contribution in [0.4, 0.5) is 5.69 Å². The summed E-state index contributed by atoms with van der Waals surface area (Å²) in [5, 5.41) is 5.50. The summed E-state index contributed by atoms with van der Waals surface area (Å²) >= 11 is 1.57. The standard InChI is InChI=1S/C22H23NOS/c1-3-16(2)20-10-6-7-11-21(20)23-22(24)15-25-19-13-12-17-8-4-5-9-18(17)14-19/h4-14,16H,3,15H2,1-2H3,(H,23,24)/t16-/m0/s1. The van der Waals surface area contributed by atoms with Crippen LogP contribution in [0.25, 0.3) is 10.8 Å². The molecule has 0 spiro atoms. The molecule has 0 aliphatic heterocycles. The van der Waals surface area contributed by atoms with E-state index in [1.165, 1.54) is 16.3 Å². The summed E-state index contributed by atoms with van der Waals surface area (Å²) in [7, 11) is 0. The number of carbonyl (C=O) groups excluding carboxylic acids is 1. The third-order valence-electron chi connectivity index (χ3n) is 4.47. The van der Waals surface area contributed by atoms with Gasteiger partial charge < -0.3 is 5.32 Å². The van der Waals surface area contributed by atoms with Gasteiger partial charge in [-0.1, -0.05) is 62.4 Å². The molecule has 0 aromatic heterocycles. The molecule has 1 amide bonds. The van der Waals surface area contributed by atoms with E-state index < -0.39 is 0 Å². The topological polar surface area (TPSA) is 29.1 Å². The molecule has 0 saturated heterocycles. The molecule has 2 nitrogen and oxygen atoms in total. The lowest BCUT2D eigenvalue weighted by molar-refractivity contribution is -0.113. The minimum absolute atomic E-state index is 0.0360. The van der Waals surface area contributed by atoms with E-state index in [0.29, 0.717) is 11.7 Å². The lowest BCUT2D eigenvalue weighted by Crippen LogP contribution is -2.15. The van der Waals surface area contributed by atoms with Gasteiger partial charge >= 0.3 is 0 Å². The van der Waals surface area contributed by atoms with Crippen molar-refractivity contribution < 1.29 is 4.79 Å². The number of nitrogens with one attached hydrogen (secondary N) is 1. The molecule has 3 heteroatoms. The Morgan fingerprint density at radius 1 is 1.00 bits per heavy atom. The van der Waals surface area contributed by atoms with Crippen LogP contribution >= 0.6 is 11.8 Å². The first kappa shape index (κ1) is 17.6. The molecule has 3 aromatic rings. The molecule has 0 unspecified atom stereocenters. The molecule has 1 atom stereocenters. The Kier molecular flexibility index (Phi) is 5.77. The van der Waals surface area contributed by atoms with Crippen LogP contribution in [0.15, 0.2) is 71.6 Å². The normalized spacial score (nSPS) is 12.1. The van der Waals surface area contributed by atoms with Crippen LogP contribution in [-0.4, -0.2) is 11.7 Å². The number of rotatable bonds is 6. The van der Waals surface area contributed by atoms with Gasteiger partial charge in [0.25, 0.3) is 0 Å². The molecule has 0 heterocycles. The predicted molar refractivity (Wildman–Crippen MR) is 108 cm³/mol. The lowest BCUT2D eigenvalue weighted by atomic mass is 9.97. The van der Waals surface area contributed by atoms with Gasteiger partial charge in [-0.15, -0.1) is 11.8 Å². The molecule has 0 fully saturated rings. The van der Waals surface area contributed by atoms with Crippen molar-refractivity contribution in [3.63, 3.8) is 0 Å². The van der Waals surface area contributed by atoms with Crippen molar-refractivity contribution >= 4 is 34.1 Å². The molecule has 128 valence electrons. The van der Waals surface area contributed by atoms with Gasteiger partial charge in [-0.05, 0) is 46.9 Å². The van der Waals surface area contributed by atoms with Gasteiger partial charge in [0, 0.05) is 10.6 Å². The van der Waals surface area contributed by atoms with Gasteiger partial charge in [-0.2, -0.15) is 0 Å². The Bertz CT molecular complexity index is 875. The number of anilines is 1. The van der Waals surface area contributed by atoms with E-state index in [0.717, 1.165) is 17.0 Å². The van der Waals surface area contributed by atoms with Crippen molar-refractivity contribution in [2.75, 3.05) is 11.1 Å². The van der Waals surface area contributed by atoms with Crippen LogP contribution in [0.3, 0.4) is 0 Å². The molecule has 3 rings (SSSR count). The SMILES string of the molecule is CC[C@H](C)c1ccccc1NC(=O)CSc1ccc2ccccc2c1. The van der Waals surface area contributed by atoms with Gasteiger partial charge in [0.1, 0.15) is 0 Å². The van der Waals surface area contributed by atoms with Crippen LogP contribution in [0, 0.1) is 0 Å². The molecule has 0 aliphatic carbocycles. The van der Waals surface area contributed by atoms with Crippen molar-refractivity contribution in [2.45, 2.75) is 31.1 Å². The van der Waals surface area contributed by atoms with Crippen molar-refractivity contribution in [3.05, 3.63) is 72.3 Å². The third-order valence-corrected chi connectivity index (χ3v) is 5.46. The maximum Gasteiger partial charge on any atom is 0.234 e. The highest BCUT2D eigenvalue weighted by Crippen LogP contribution is 2.27. The maximum absolute atomic E-state index is 12.4. The average Bonchev–Trinajstić information content (AvgIpc) is 2.66. The molecule has 0 radical (unpaired) electrons. The van der Waals surface area contributed by atoms with Crippen molar-refractivity contribution in [2.24, 2.45) is 0 Å². The van der Waals surface area contributed by atoms with E-state index >= 15 is 0 Å². The zero-order chi connectivity index (χ0) is 17.6. The van der Waals surface area contributed by atoms with E-state index in [9.17, 15) is 4.79 Å². The van der Waals surface area contributed by atoms with Gasteiger partial charge in [-0.25, -0.2) is 0 Å². The molecular weight excluding hydrogens is 326 g/mol. The molecule has 25 heavy (non-hydrogen) atoms. The largest absolute Gasteiger partial charge is 0.325 e. The zero-order valence-corrected chi connectivity index (χ0v) is 15.5. The van der Waals surface area contributed by atoms with Gasteiger partial charge in [-0.3, -0.25) is 4.79 Å². The number of amides is 1. The Labute approximate surface area is 153 Å². The maximum atomic E-state index is 12.4. The highest BCUT2D eigenvalue weighted by atomic mass is 32.2. The number of fused-ring (bicyclic) bond motifs is 1. The van der Waals surface area contributed by atoms with Crippen LogP contribution in [0.1, 0.15) is 31.7 Å². The Balaban J connectivity index is 1.65. The molecule has 3 aromatic carbocycles. The van der Waals surface area contributed by atoms with Gasteiger partial charge in [0.05, 0.1) is 5.75 Å². The van der Waals surface area contributed by atoms with Crippen LogP contribution in [0.2, 0.25) is 0 Å². The minimum Gasteiger partial charge on any atom is -0.325 e. The first-order valence-electron chi connectivity index (χ1n) is 8.67. The Hall–Kier alpha value is -2.26. The highest BCUT2D eigenvalue weighted by Gasteiger charge is 2.11. The first-order chi connectivity index (χ1) is 12.2. The smallest absolute Gasteiger partial charge is 0.234 e. The van der Waals surface area contributed by atoms with Crippen molar-refractivity contribution in [3.8, 4) is 0 Å². The van der Waals surface area contributed by atoms with Crippen molar-refractivity contribution in [1.82, 2.24) is 0 Å². The summed E-state index contributed by atoms with van der Waals surface area (Å²) in [4.78, 5) is 13.5. The first-order valence-corrected chi connectivity index (χ1v) is 9.66. The zero-order valence-electron chi connectivity index (χ0n) is 14.7. The molecule has 1 N–H and O–H groups in total. The number of hydrogen-bond acceptors (Lipinski definition) is 2. The second kappa shape index (κ2) is 8.21. The van der Waals surface area contributed by atoms with E-state index in [-0.39, 0.29) is 5.91 Å². The van der Waals surface area contributed by atoms with Gasteiger partial charge in [0.2, 0.25) is 5.91 Å². The average molecular weight is 349 g/mol. The van der Waals surface area contributed by atoms with E-state index in [1.54, 1.807) is 11.8 Å². The van der Waals surface area contributed by atoms with Crippen molar-refractivity contribution in [1.29, 1.82) is 0 Å². The lowest BCUT2D eigenvalue weighted by Gasteiger charge is -2.15. The fraction of sp³-hybridized carbons (Fsp3) is 0.227. The minimum atomic E-state index is 0.0360. The summed E-state index contributed by atoms with van der Waals surface area (Å²) < 4.78 is 0. The van der Waals surface area contributed by atoms with Gasteiger partial charge in [0.15, 0.2) is 0 Å². The second-order valence-electron chi connectivity index (χ2n) is 6.24. The molecule has 0 saturated carbocycles. The van der Waals surface area contributed by atoms with Crippen LogP contribution in [0.5, 0.6) is 0 Å². The summed E-state index contributed by atoms with van der Waals surface area (Å²) in [5.41, 5.74) is 2.13. The summed E-state index contributed by atoms with van der Waals surface area (Å²) in [6.07, 6.45) is 1.05. The third kappa shape index (κ3) is 4.43. The Morgan fingerprint density at radius 2 is 1.72 bits per heavy atom. The van der Waals surface area contributed by atoms with Crippen LogP contribution in [-0.2, 0) is 4.79 Å².